The molecule has 15 heavy (non-hydrogen) atoms. The number of carbonyl (C=O) groups is 1. The largest absolute Gasteiger partial charge is 0.359 e. The van der Waals surface area contributed by atoms with Crippen LogP contribution in [0.1, 0.15) is 30.1 Å². The molecule has 0 N–H and O–H groups in total. The number of carbonyl (C=O) groups excluding carboxylic acids is 1. The summed E-state index contributed by atoms with van der Waals surface area (Å²) in [5.41, 5.74) is 1.98. The summed E-state index contributed by atoms with van der Waals surface area (Å²) in [6, 6.07) is 7.85. The van der Waals surface area contributed by atoms with Crippen molar-refractivity contribution in [2.75, 3.05) is 11.4 Å². The summed E-state index contributed by atoms with van der Waals surface area (Å²) >= 11 is 3.65. The fraction of sp³-hybridized carbons (Fsp3) is 0.417. The summed E-state index contributed by atoms with van der Waals surface area (Å²) in [6.07, 6.45) is 2.42. The summed E-state index contributed by atoms with van der Waals surface area (Å²) in [6.45, 7) is 2.69. The van der Waals surface area contributed by atoms with Gasteiger partial charge in [0, 0.05) is 17.8 Å². The summed E-state index contributed by atoms with van der Waals surface area (Å²) in [7, 11) is 0. The minimum Gasteiger partial charge on any atom is -0.359 e. The van der Waals surface area contributed by atoms with Crippen LogP contribution < -0.4 is 4.90 Å². The van der Waals surface area contributed by atoms with Crippen LogP contribution in [0.15, 0.2) is 24.3 Å². The fourth-order valence-corrected chi connectivity index (χ4v) is 2.67. The molecule has 0 radical (unpaired) electrons. The first kappa shape index (κ1) is 10.7. The third kappa shape index (κ3) is 2.23. The van der Waals surface area contributed by atoms with Gasteiger partial charge in [-0.15, -0.1) is 0 Å². The van der Waals surface area contributed by atoms with Crippen LogP contribution in [0.5, 0.6) is 0 Å². The van der Waals surface area contributed by atoms with Crippen LogP contribution in [0.25, 0.3) is 0 Å². The number of hydrogen-bond acceptors (Lipinski definition) is 2. The second kappa shape index (κ2) is 4.35. The lowest BCUT2D eigenvalue weighted by Crippen LogP contribution is -2.23. The van der Waals surface area contributed by atoms with E-state index in [9.17, 15) is 4.79 Å². The second-order valence-corrected chi connectivity index (χ2v) is 4.93. The molecule has 0 aliphatic carbocycles. The molecule has 1 unspecified atom stereocenters. The number of hydrogen-bond donors (Lipinski definition) is 0. The van der Waals surface area contributed by atoms with E-state index in [1.165, 1.54) is 18.5 Å². The Bertz CT molecular complexity index is 360. The lowest BCUT2D eigenvalue weighted by molar-refractivity contribution is 0.101. The molecule has 0 spiro atoms. The van der Waals surface area contributed by atoms with Gasteiger partial charge in [0.15, 0.2) is 5.78 Å². The normalized spacial score (nSPS) is 20.7. The van der Waals surface area contributed by atoms with E-state index in [-0.39, 0.29) is 5.78 Å². The summed E-state index contributed by atoms with van der Waals surface area (Å²) in [5.74, 6) is 0.123. The van der Waals surface area contributed by atoms with E-state index in [2.05, 4.69) is 20.8 Å². The Labute approximate surface area is 98.4 Å². The van der Waals surface area contributed by atoms with Crippen LogP contribution in [0.4, 0.5) is 5.69 Å². The third-order valence-electron chi connectivity index (χ3n) is 2.79. The van der Waals surface area contributed by atoms with Crippen molar-refractivity contribution in [1.82, 2.24) is 0 Å². The van der Waals surface area contributed by atoms with Crippen molar-refractivity contribution in [3.8, 4) is 0 Å². The van der Waals surface area contributed by atoms with Crippen LogP contribution >= 0.6 is 15.9 Å². The molecule has 1 saturated heterocycles. The zero-order valence-corrected chi connectivity index (χ0v) is 10.3. The molecule has 3 heteroatoms. The molecule has 1 atom stereocenters. The molecule has 2 rings (SSSR count). The molecule has 1 aliphatic heterocycles. The smallest absolute Gasteiger partial charge is 0.159 e. The maximum Gasteiger partial charge on any atom is 0.159 e. The lowest BCUT2D eigenvalue weighted by Gasteiger charge is -2.22. The van der Waals surface area contributed by atoms with Gasteiger partial charge in [-0.05, 0) is 44.0 Å². The van der Waals surface area contributed by atoms with Crippen molar-refractivity contribution in [1.29, 1.82) is 0 Å². The molecule has 1 heterocycles. The fourth-order valence-electron chi connectivity index (χ4n) is 1.90. The molecule has 1 aromatic carbocycles. The Hall–Kier alpha value is -0.830. The van der Waals surface area contributed by atoms with Gasteiger partial charge in [0.25, 0.3) is 0 Å². The first-order valence-electron chi connectivity index (χ1n) is 5.20. The highest BCUT2D eigenvalue weighted by atomic mass is 79.9. The van der Waals surface area contributed by atoms with Gasteiger partial charge in [-0.2, -0.15) is 0 Å². The molecular weight excluding hydrogens is 254 g/mol. The number of rotatable bonds is 2. The first-order chi connectivity index (χ1) is 7.18. The predicted octanol–water partition coefficient (Wildman–Crippen LogP) is 3.21. The van der Waals surface area contributed by atoms with Crippen LogP contribution in [0.2, 0.25) is 0 Å². The number of ketones is 1. The van der Waals surface area contributed by atoms with Gasteiger partial charge >= 0.3 is 0 Å². The van der Waals surface area contributed by atoms with Gasteiger partial charge in [0.1, 0.15) is 0 Å². The quantitative estimate of drug-likeness (QED) is 0.466. The summed E-state index contributed by atoms with van der Waals surface area (Å²) in [4.78, 5) is 13.9. The van der Waals surface area contributed by atoms with Gasteiger partial charge < -0.3 is 4.90 Å². The van der Waals surface area contributed by atoms with E-state index in [1.807, 2.05) is 24.3 Å². The Kier molecular flexibility index (Phi) is 3.10. The molecule has 0 bridgehead atoms. The topological polar surface area (TPSA) is 20.3 Å². The lowest BCUT2D eigenvalue weighted by atomic mass is 10.1. The highest BCUT2D eigenvalue weighted by Gasteiger charge is 2.21. The number of anilines is 1. The van der Waals surface area contributed by atoms with Gasteiger partial charge in [0.2, 0.25) is 0 Å². The van der Waals surface area contributed by atoms with Crippen LogP contribution in [0.3, 0.4) is 0 Å². The van der Waals surface area contributed by atoms with Crippen LogP contribution in [-0.4, -0.2) is 17.3 Å². The highest BCUT2D eigenvalue weighted by molar-refractivity contribution is 9.09. The first-order valence-corrected chi connectivity index (χ1v) is 6.12. The maximum atomic E-state index is 11.1. The minimum absolute atomic E-state index is 0.123. The van der Waals surface area contributed by atoms with Crippen LogP contribution in [0, 0.1) is 0 Å². The SMILES string of the molecule is CC(=O)c1ccc(N2CCCC2Br)cc1. The number of alkyl halides is 1. The van der Waals surface area contributed by atoms with E-state index in [0.717, 1.165) is 12.1 Å². The highest BCUT2D eigenvalue weighted by Crippen LogP contribution is 2.28. The van der Waals surface area contributed by atoms with Gasteiger partial charge in [-0.1, -0.05) is 15.9 Å². The van der Waals surface area contributed by atoms with Gasteiger partial charge in [0.05, 0.1) is 4.95 Å². The average Bonchev–Trinajstić information content (AvgIpc) is 2.65. The molecule has 0 aromatic heterocycles. The molecule has 1 aliphatic rings. The zero-order valence-electron chi connectivity index (χ0n) is 8.74. The molecule has 1 fully saturated rings. The monoisotopic (exact) mass is 267 g/mol. The molecule has 0 amide bonds. The number of halogens is 1. The van der Waals surface area contributed by atoms with Crippen molar-refractivity contribution < 1.29 is 4.79 Å². The number of nitrogens with zero attached hydrogens (tertiary/aromatic N) is 1. The second-order valence-electron chi connectivity index (χ2n) is 3.87. The maximum absolute atomic E-state index is 11.1. The predicted molar refractivity (Wildman–Crippen MR) is 65.7 cm³/mol. The van der Waals surface area contributed by atoms with Crippen molar-refractivity contribution in [2.24, 2.45) is 0 Å². The Morgan fingerprint density at radius 1 is 1.40 bits per heavy atom. The van der Waals surface area contributed by atoms with Gasteiger partial charge in [-0.3, -0.25) is 4.79 Å². The van der Waals surface area contributed by atoms with E-state index in [1.54, 1.807) is 6.92 Å². The van der Waals surface area contributed by atoms with E-state index >= 15 is 0 Å². The van der Waals surface area contributed by atoms with E-state index in [0.29, 0.717) is 4.95 Å². The number of Topliss-reactive ketones (excluding diaryl/α,β-unsaturated/α-hetero) is 1. The molecule has 2 nitrogen and oxygen atoms in total. The summed E-state index contributed by atoms with van der Waals surface area (Å²) < 4.78 is 0. The van der Waals surface area contributed by atoms with Crippen molar-refractivity contribution >= 4 is 27.4 Å². The van der Waals surface area contributed by atoms with E-state index in [4.69, 9.17) is 0 Å². The number of benzene rings is 1. The van der Waals surface area contributed by atoms with Crippen molar-refractivity contribution in [2.45, 2.75) is 24.7 Å². The van der Waals surface area contributed by atoms with E-state index < -0.39 is 0 Å². The Morgan fingerprint density at radius 2 is 2.07 bits per heavy atom. The molecular formula is C12H14BrNO. The Balaban J connectivity index is 2.19. The van der Waals surface area contributed by atoms with Crippen molar-refractivity contribution in [3.63, 3.8) is 0 Å². The molecule has 1 aromatic rings. The van der Waals surface area contributed by atoms with Crippen LogP contribution in [-0.2, 0) is 0 Å². The minimum atomic E-state index is 0.123. The molecule has 0 saturated carbocycles. The van der Waals surface area contributed by atoms with Gasteiger partial charge in [-0.25, -0.2) is 0 Å². The zero-order chi connectivity index (χ0) is 10.8. The standard InChI is InChI=1S/C12H14BrNO/c1-9(15)10-4-6-11(7-5-10)14-8-2-3-12(14)13/h4-7,12H,2-3,8H2,1H3. The molecule has 80 valence electrons. The average molecular weight is 268 g/mol. The summed E-state index contributed by atoms with van der Waals surface area (Å²) in [5, 5.41) is 0. The third-order valence-corrected chi connectivity index (χ3v) is 3.74. The Morgan fingerprint density at radius 3 is 2.53 bits per heavy atom. The van der Waals surface area contributed by atoms with Crippen molar-refractivity contribution in [3.05, 3.63) is 29.8 Å².